The second-order valence-corrected chi connectivity index (χ2v) is 11.9. The summed E-state index contributed by atoms with van der Waals surface area (Å²) >= 11 is 0. The van der Waals surface area contributed by atoms with Gasteiger partial charge in [0, 0.05) is 54.6 Å². The number of pyridine rings is 1. The third kappa shape index (κ3) is 5.06. The smallest absolute Gasteiger partial charge is 0.238 e. The summed E-state index contributed by atoms with van der Waals surface area (Å²) in [5.41, 5.74) is 2.79. The molecule has 1 atom stereocenters. The number of nitrogens with one attached hydrogen (secondary N) is 1. The minimum Gasteiger partial charge on any atom is -0.480 e. The summed E-state index contributed by atoms with van der Waals surface area (Å²) in [6, 6.07) is 10.8. The fourth-order valence-corrected chi connectivity index (χ4v) is 6.05. The van der Waals surface area contributed by atoms with Crippen molar-refractivity contribution in [1.29, 1.82) is 0 Å². The summed E-state index contributed by atoms with van der Waals surface area (Å²) in [5, 5.41) is 7.37. The lowest BCUT2D eigenvalue weighted by Gasteiger charge is -2.34. The van der Waals surface area contributed by atoms with Gasteiger partial charge in [-0.3, -0.25) is 19.3 Å². The molecule has 222 valence electrons. The summed E-state index contributed by atoms with van der Waals surface area (Å²) in [5.74, 6) is 0.987. The van der Waals surface area contributed by atoms with Crippen molar-refractivity contribution in [2.45, 2.75) is 58.2 Å². The van der Waals surface area contributed by atoms with Crippen LogP contribution in [-0.4, -0.2) is 76.8 Å². The van der Waals surface area contributed by atoms with Crippen molar-refractivity contribution >= 4 is 41.0 Å². The number of Topliss-reactive ketones (excluding diaryl/α,β-unsaturated/α-hetero) is 1. The maximum atomic E-state index is 13.1. The molecule has 5 rings (SSSR count). The number of methoxy groups -OCH3 is 1. The highest BCUT2D eigenvalue weighted by Crippen LogP contribution is 2.44. The Bertz CT molecular complexity index is 1530. The van der Waals surface area contributed by atoms with Crippen molar-refractivity contribution in [1.82, 2.24) is 19.8 Å². The summed E-state index contributed by atoms with van der Waals surface area (Å²) in [4.78, 5) is 54.3. The molecule has 0 aliphatic carbocycles. The monoisotopic (exact) mass is 575 g/mol. The van der Waals surface area contributed by atoms with Gasteiger partial charge in [0.05, 0.1) is 13.8 Å². The van der Waals surface area contributed by atoms with Gasteiger partial charge in [-0.05, 0) is 49.2 Å². The third-order valence-corrected chi connectivity index (χ3v) is 8.26. The Morgan fingerprint density at radius 2 is 1.88 bits per heavy atom. The lowest BCUT2D eigenvalue weighted by molar-refractivity contribution is -0.131. The molecule has 1 N–H and O–H groups in total. The maximum absolute atomic E-state index is 13.1. The second-order valence-electron chi connectivity index (χ2n) is 11.9. The topological polar surface area (TPSA) is 122 Å². The Morgan fingerprint density at radius 3 is 2.55 bits per heavy atom. The van der Waals surface area contributed by atoms with Crippen LogP contribution < -0.4 is 24.7 Å². The van der Waals surface area contributed by atoms with Crippen molar-refractivity contribution in [3.05, 3.63) is 53.7 Å². The highest BCUT2D eigenvalue weighted by atomic mass is 16.7. The van der Waals surface area contributed by atoms with Gasteiger partial charge >= 0.3 is 0 Å². The number of ketones is 1. The molecule has 0 spiro atoms. The highest BCUT2D eigenvalue weighted by Gasteiger charge is 2.50. The van der Waals surface area contributed by atoms with Crippen LogP contribution in [0, 0.1) is 0 Å². The van der Waals surface area contributed by atoms with Crippen LogP contribution in [0.4, 0.5) is 23.0 Å². The van der Waals surface area contributed by atoms with Gasteiger partial charge in [-0.15, -0.1) is 0 Å². The van der Waals surface area contributed by atoms with E-state index in [-0.39, 0.29) is 11.3 Å². The molecule has 3 aromatic rings. The minimum atomic E-state index is -0.712. The van der Waals surface area contributed by atoms with Gasteiger partial charge in [0.1, 0.15) is 19.0 Å². The molecular formula is C30H37N7O5. The average molecular weight is 576 g/mol. The van der Waals surface area contributed by atoms with Crippen molar-refractivity contribution in [3.8, 4) is 5.88 Å². The number of hydrogen-bond donors (Lipinski definition) is 1. The summed E-state index contributed by atoms with van der Waals surface area (Å²) < 4.78 is 5.19. The summed E-state index contributed by atoms with van der Waals surface area (Å²) in [6.07, 6.45) is 2.11. The summed E-state index contributed by atoms with van der Waals surface area (Å²) in [7, 11) is 3.02. The lowest BCUT2D eigenvalue weighted by atomic mass is 9.86. The molecule has 2 aromatic heterocycles. The molecule has 1 unspecified atom stereocenters. The Labute approximate surface area is 245 Å². The number of rotatable bonds is 9. The average Bonchev–Trinajstić information content (AvgIpc) is 3.57. The van der Waals surface area contributed by atoms with E-state index in [4.69, 9.17) is 9.57 Å². The molecular weight excluding hydrogens is 538 g/mol. The number of aldehydes is 1. The number of amides is 1. The molecule has 1 saturated heterocycles. The fraction of sp³-hybridized carbons (Fsp3) is 0.433. The molecule has 1 amide bonds. The number of fused-ring (bicyclic) bond motifs is 1. The lowest BCUT2D eigenvalue weighted by Crippen LogP contribution is -2.51. The Hall–Kier alpha value is -4.45. The standard InChI is InChI=1S/C30H37N7O5/c1-19(39)35-17-29(2,3)22-9-8-21(13-23(22)35)36-18-34(30(4,5)28(36)24(40)16-38)15-20-10-11-31-25(12-20)32-26-14-27(41-6)33-37(26)42-7/h8-14,16,28H,15,17-18H2,1-7H3,(H,31,32). The van der Waals surface area contributed by atoms with E-state index in [2.05, 4.69) is 34.1 Å². The van der Waals surface area contributed by atoms with E-state index in [1.165, 1.54) is 19.1 Å². The zero-order chi connectivity index (χ0) is 30.4. The van der Waals surface area contributed by atoms with Crippen molar-refractivity contribution in [3.63, 3.8) is 0 Å². The molecule has 2 aliphatic rings. The molecule has 4 heterocycles. The van der Waals surface area contributed by atoms with E-state index >= 15 is 0 Å². The van der Waals surface area contributed by atoms with Gasteiger partial charge in [0.25, 0.3) is 0 Å². The number of anilines is 4. The molecule has 12 nitrogen and oxygen atoms in total. The van der Waals surface area contributed by atoms with Crippen LogP contribution in [0.1, 0.15) is 45.7 Å². The number of carbonyl (C=O) groups is 3. The molecule has 1 aromatic carbocycles. The number of nitrogens with zero attached hydrogens (tertiary/aromatic N) is 6. The highest BCUT2D eigenvalue weighted by molar-refractivity contribution is 6.29. The van der Waals surface area contributed by atoms with Gasteiger partial charge < -0.3 is 24.7 Å². The molecule has 2 aliphatic heterocycles. The first-order valence-corrected chi connectivity index (χ1v) is 13.7. The maximum Gasteiger partial charge on any atom is 0.238 e. The molecule has 0 radical (unpaired) electrons. The first kappa shape index (κ1) is 29.1. The number of hydrogen-bond acceptors (Lipinski definition) is 10. The SMILES string of the molecule is COc1cc(Nc2cc(CN3CN(c4ccc5c(c4)N(C(C)=O)CC5(C)C)C(C(=O)C=O)C3(C)C)ccn2)n(OC)n1. The van der Waals surface area contributed by atoms with E-state index in [1.807, 2.05) is 49.1 Å². The van der Waals surface area contributed by atoms with E-state index < -0.39 is 17.4 Å². The zero-order valence-corrected chi connectivity index (χ0v) is 25.0. The van der Waals surface area contributed by atoms with Crippen LogP contribution in [0.15, 0.2) is 42.6 Å². The van der Waals surface area contributed by atoms with Gasteiger partial charge in [-0.1, -0.05) is 29.9 Å². The van der Waals surface area contributed by atoms with Gasteiger partial charge in [-0.2, -0.15) is 0 Å². The van der Waals surface area contributed by atoms with Crippen LogP contribution in [0.5, 0.6) is 5.88 Å². The molecule has 0 bridgehead atoms. The fourth-order valence-electron chi connectivity index (χ4n) is 6.05. The first-order chi connectivity index (χ1) is 19.9. The Morgan fingerprint density at radius 1 is 1.12 bits per heavy atom. The van der Waals surface area contributed by atoms with E-state index in [1.54, 1.807) is 24.1 Å². The number of benzene rings is 1. The summed E-state index contributed by atoms with van der Waals surface area (Å²) in [6.45, 7) is 11.2. The third-order valence-electron chi connectivity index (χ3n) is 8.26. The van der Waals surface area contributed by atoms with Crippen molar-refractivity contribution in [2.24, 2.45) is 0 Å². The van der Waals surface area contributed by atoms with Gasteiger partial charge in [0.15, 0.2) is 12.1 Å². The van der Waals surface area contributed by atoms with Crippen LogP contribution >= 0.6 is 0 Å². The quantitative estimate of drug-likeness (QED) is 0.301. The molecule has 12 heteroatoms. The predicted octanol–water partition coefficient (Wildman–Crippen LogP) is 2.93. The number of aromatic nitrogens is 3. The zero-order valence-electron chi connectivity index (χ0n) is 25.0. The normalized spacial score (nSPS) is 19.0. The molecule has 1 fully saturated rings. The number of ether oxygens (including phenoxy) is 1. The van der Waals surface area contributed by atoms with Gasteiger partial charge in [-0.25, -0.2) is 4.98 Å². The molecule has 0 saturated carbocycles. The van der Waals surface area contributed by atoms with Crippen molar-refractivity contribution < 1.29 is 24.0 Å². The van der Waals surface area contributed by atoms with E-state index in [0.717, 1.165) is 22.5 Å². The predicted molar refractivity (Wildman–Crippen MR) is 158 cm³/mol. The van der Waals surface area contributed by atoms with Crippen LogP contribution in [0.25, 0.3) is 0 Å². The van der Waals surface area contributed by atoms with Crippen LogP contribution in [0.3, 0.4) is 0 Å². The van der Waals surface area contributed by atoms with Gasteiger partial charge in [0.2, 0.25) is 17.6 Å². The van der Waals surface area contributed by atoms with Crippen LogP contribution in [0.2, 0.25) is 0 Å². The largest absolute Gasteiger partial charge is 0.480 e. The molecule has 42 heavy (non-hydrogen) atoms. The number of carbonyl (C=O) groups excluding carboxylic acids is 3. The Balaban J connectivity index is 1.44. The van der Waals surface area contributed by atoms with E-state index in [9.17, 15) is 14.4 Å². The first-order valence-electron chi connectivity index (χ1n) is 13.7. The Kier molecular flexibility index (Phi) is 7.44. The minimum absolute atomic E-state index is 0.0306. The van der Waals surface area contributed by atoms with Crippen LogP contribution in [-0.2, 0) is 26.3 Å². The second kappa shape index (κ2) is 10.8. The van der Waals surface area contributed by atoms with Crippen molar-refractivity contribution in [2.75, 3.05) is 42.5 Å². The van der Waals surface area contributed by atoms with E-state index in [0.29, 0.717) is 43.6 Å².